The number of hydrogen-bond acceptors (Lipinski definition) is 7. The van der Waals surface area contributed by atoms with Gasteiger partial charge in [0.05, 0.1) is 13.0 Å². The summed E-state index contributed by atoms with van der Waals surface area (Å²) in [5.41, 5.74) is -0.963. The van der Waals surface area contributed by atoms with Crippen LogP contribution in [0.4, 0.5) is 0 Å². The molecule has 0 aliphatic rings. The third-order valence-corrected chi connectivity index (χ3v) is 4.35. The van der Waals surface area contributed by atoms with Gasteiger partial charge >= 0.3 is 0 Å². The zero-order valence-corrected chi connectivity index (χ0v) is 15.8. The first kappa shape index (κ1) is 23.5. The summed E-state index contributed by atoms with van der Waals surface area (Å²) in [6.07, 6.45) is -1.09. The van der Waals surface area contributed by atoms with Crippen molar-refractivity contribution in [2.24, 2.45) is 5.41 Å². The van der Waals surface area contributed by atoms with Crippen LogP contribution in [0.25, 0.3) is 0 Å². The Morgan fingerprint density at radius 2 is 1.76 bits per heavy atom. The largest absolute Gasteiger partial charge is 0.396 e. The number of hydrogen-bond donors (Lipinski definition) is 4. The number of ketones is 1. The van der Waals surface area contributed by atoms with Crippen molar-refractivity contribution >= 4 is 34.5 Å². The lowest BCUT2D eigenvalue weighted by atomic mass is 9.87. The van der Waals surface area contributed by atoms with E-state index in [0.717, 1.165) is 11.8 Å². The average molecular weight is 376 g/mol. The van der Waals surface area contributed by atoms with Crippen LogP contribution in [-0.4, -0.2) is 64.5 Å². The summed E-state index contributed by atoms with van der Waals surface area (Å²) < 4.78 is 0. The molecule has 144 valence electrons. The minimum atomic E-state index is -1.37. The highest BCUT2D eigenvalue weighted by atomic mass is 32.2. The maximum Gasteiger partial charge on any atom is 0.249 e. The molecule has 0 unspecified atom stereocenters. The zero-order valence-electron chi connectivity index (χ0n) is 15.0. The highest BCUT2D eigenvalue weighted by Gasteiger charge is 2.32. The fraction of sp³-hybridized carbons (Fsp3) is 0.750. The lowest BCUT2D eigenvalue weighted by Gasteiger charge is -2.27. The fourth-order valence-electron chi connectivity index (χ4n) is 1.62. The molecule has 0 radical (unpaired) electrons. The normalized spacial score (nSPS) is 12.4. The molecule has 0 aromatic rings. The number of carbonyl (C=O) groups is 4. The predicted octanol–water partition coefficient (Wildman–Crippen LogP) is -0.383. The average Bonchev–Trinajstić information content (AvgIpc) is 2.57. The molecule has 0 aromatic carbocycles. The Bertz CT molecular complexity index is 481. The number of aliphatic hydroxyl groups excluding tert-OH is 2. The van der Waals surface area contributed by atoms with Gasteiger partial charge in [-0.05, 0) is 0 Å². The molecular formula is C16H28N2O6S. The van der Waals surface area contributed by atoms with Gasteiger partial charge in [0.2, 0.25) is 11.8 Å². The summed E-state index contributed by atoms with van der Waals surface area (Å²) in [6, 6.07) is 0. The Morgan fingerprint density at radius 1 is 1.12 bits per heavy atom. The van der Waals surface area contributed by atoms with Gasteiger partial charge in [0.15, 0.2) is 5.12 Å². The number of thioether (sulfide) groups is 1. The Kier molecular flexibility index (Phi) is 11.3. The van der Waals surface area contributed by atoms with E-state index in [9.17, 15) is 24.3 Å². The molecule has 0 aliphatic carbocycles. The monoisotopic (exact) mass is 376 g/mol. The molecule has 0 heterocycles. The fourth-order valence-corrected chi connectivity index (χ4v) is 2.31. The molecule has 0 saturated carbocycles. The number of nitrogens with one attached hydrogen (secondary N) is 2. The summed E-state index contributed by atoms with van der Waals surface area (Å²) >= 11 is 0.999. The van der Waals surface area contributed by atoms with Crippen LogP contribution < -0.4 is 10.6 Å². The van der Waals surface area contributed by atoms with Crippen LogP contribution in [0, 0.1) is 5.41 Å². The predicted molar refractivity (Wildman–Crippen MR) is 94.9 cm³/mol. The number of aliphatic hydroxyl groups is 2. The lowest BCUT2D eigenvalue weighted by molar-refractivity contribution is -0.137. The lowest BCUT2D eigenvalue weighted by Crippen LogP contribution is -2.46. The molecule has 0 rings (SSSR count). The van der Waals surface area contributed by atoms with Crippen LogP contribution in [0.1, 0.15) is 40.0 Å². The van der Waals surface area contributed by atoms with E-state index in [1.807, 2.05) is 0 Å². The van der Waals surface area contributed by atoms with Crippen molar-refractivity contribution in [1.29, 1.82) is 0 Å². The smallest absolute Gasteiger partial charge is 0.249 e. The number of amides is 2. The molecule has 0 saturated heterocycles. The second kappa shape index (κ2) is 12.0. The van der Waals surface area contributed by atoms with Gasteiger partial charge in [-0.2, -0.15) is 0 Å². The molecule has 0 aromatic heterocycles. The van der Waals surface area contributed by atoms with Gasteiger partial charge in [0.25, 0.3) is 0 Å². The van der Waals surface area contributed by atoms with Gasteiger partial charge in [0.1, 0.15) is 11.9 Å². The molecule has 4 N–H and O–H groups in total. The van der Waals surface area contributed by atoms with Crippen molar-refractivity contribution < 1.29 is 29.4 Å². The Morgan fingerprint density at radius 3 is 2.32 bits per heavy atom. The van der Waals surface area contributed by atoms with E-state index < -0.39 is 17.4 Å². The van der Waals surface area contributed by atoms with E-state index in [0.29, 0.717) is 12.2 Å². The van der Waals surface area contributed by atoms with Crippen molar-refractivity contribution in [1.82, 2.24) is 10.6 Å². The highest BCUT2D eigenvalue weighted by molar-refractivity contribution is 8.13. The van der Waals surface area contributed by atoms with Crippen LogP contribution in [0.3, 0.4) is 0 Å². The van der Waals surface area contributed by atoms with E-state index >= 15 is 0 Å². The maximum absolute atomic E-state index is 11.7. The quantitative estimate of drug-likeness (QED) is 0.269. The van der Waals surface area contributed by atoms with Gasteiger partial charge in [-0.1, -0.05) is 32.5 Å². The second-order valence-corrected chi connectivity index (χ2v) is 7.38. The van der Waals surface area contributed by atoms with E-state index in [1.165, 1.54) is 0 Å². The van der Waals surface area contributed by atoms with Gasteiger partial charge in [-0.3, -0.25) is 19.2 Å². The van der Waals surface area contributed by atoms with Gasteiger partial charge in [-0.15, -0.1) is 0 Å². The summed E-state index contributed by atoms with van der Waals surface area (Å²) in [5, 5.41) is 23.7. The molecular weight excluding hydrogens is 348 g/mol. The van der Waals surface area contributed by atoms with Crippen molar-refractivity contribution in [3.63, 3.8) is 0 Å². The molecule has 0 aliphatic heterocycles. The van der Waals surface area contributed by atoms with Crippen molar-refractivity contribution in [2.75, 3.05) is 25.4 Å². The zero-order chi connectivity index (χ0) is 19.5. The molecule has 9 heteroatoms. The number of carbonyl (C=O) groups excluding carboxylic acids is 4. The molecule has 0 spiro atoms. The molecule has 0 fully saturated rings. The second-order valence-electron chi connectivity index (χ2n) is 6.23. The molecule has 2 amide bonds. The first-order valence-corrected chi connectivity index (χ1v) is 9.13. The first-order valence-electron chi connectivity index (χ1n) is 8.14. The van der Waals surface area contributed by atoms with E-state index in [1.54, 1.807) is 20.8 Å². The summed E-state index contributed by atoms with van der Waals surface area (Å²) in [5.74, 6) is -0.677. The first-order chi connectivity index (χ1) is 11.6. The van der Waals surface area contributed by atoms with Crippen LogP contribution in [0.2, 0.25) is 0 Å². The summed E-state index contributed by atoms with van der Waals surface area (Å²) in [7, 11) is 0. The third-order valence-electron chi connectivity index (χ3n) is 3.47. The van der Waals surface area contributed by atoms with Crippen molar-refractivity contribution in [3.05, 3.63) is 0 Å². The number of Topliss-reactive ketones (excluding diaryl/α,β-unsaturated/α-hetero) is 1. The van der Waals surface area contributed by atoms with Crippen LogP contribution in [0.15, 0.2) is 0 Å². The number of rotatable bonds is 12. The summed E-state index contributed by atoms with van der Waals surface area (Å²) in [4.78, 5) is 45.8. The molecule has 25 heavy (non-hydrogen) atoms. The topological polar surface area (TPSA) is 133 Å². The molecule has 0 bridgehead atoms. The minimum Gasteiger partial charge on any atom is -0.396 e. The highest BCUT2D eigenvalue weighted by Crippen LogP contribution is 2.19. The van der Waals surface area contributed by atoms with E-state index in [-0.39, 0.29) is 49.3 Å². The van der Waals surface area contributed by atoms with Gasteiger partial charge in [0, 0.05) is 37.1 Å². The van der Waals surface area contributed by atoms with Gasteiger partial charge < -0.3 is 20.8 Å². The molecule has 8 nitrogen and oxygen atoms in total. The minimum absolute atomic E-state index is 0.0327. The Balaban J connectivity index is 3.86. The SMILES string of the molecule is CCC(=O)CC(=O)SCCNC(=O)CCNC(=O)[C@H](O)C(C)(C)CO. The standard InChI is InChI=1S/C16H28N2O6S/c1-4-11(20)9-13(22)25-8-7-17-12(21)5-6-18-15(24)14(23)16(2,3)10-19/h14,19,23H,4-10H2,1-3H3,(H,17,21)(H,18,24)/t14-/m0/s1. The van der Waals surface area contributed by atoms with Crippen LogP contribution in [0.5, 0.6) is 0 Å². The van der Waals surface area contributed by atoms with E-state index in [2.05, 4.69) is 10.6 Å². The Labute approximate surface area is 152 Å². The maximum atomic E-state index is 11.7. The Hall–Kier alpha value is -1.45. The van der Waals surface area contributed by atoms with E-state index in [4.69, 9.17) is 5.11 Å². The van der Waals surface area contributed by atoms with Crippen LogP contribution in [-0.2, 0) is 19.2 Å². The third kappa shape index (κ3) is 10.2. The van der Waals surface area contributed by atoms with Gasteiger partial charge in [-0.25, -0.2) is 0 Å². The summed E-state index contributed by atoms with van der Waals surface area (Å²) in [6.45, 7) is 4.79. The molecule has 1 atom stereocenters. The van der Waals surface area contributed by atoms with Crippen molar-refractivity contribution in [3.8, 4) is 0 Å². The van der Waals surface area contributed by atoms with Crippen molar-refractivity contribution in [2.45, 2.75) is 46.1 Å². The van der Waals surface area contributed by atoms with Crippen LogP contribution >= 0.6 is 11.8 Å².